The van der Waals surface area contributed by atoms with E-state index in [0.29, 0.717) is 6.42 Å². The molecule has 0 bridgehead atoms. The Morgan fingerprint density at radius 2 is 1.90 bits per heavy atom. The maximum absolute atomic E-state index is 11.6. The summed E-state index contributed by atoms with van der Waals surface area (Å²) < 4.78 is 0. The topological polar surface area (TPSA) is 64.8 Å². The van der Waals surface area contributed by atoms with Gasteiger partial charge in [0.05, 0.1) is 0 Å². The van der Waals surface area contributed by atoms with Gasteiger partial charge in [-0.1, -0.05) is 55.6 Å². The predicted molar refractivity (Wildman–Crippen MR) is 79.5 cm³/mol. The van der Waals surface area contributed by atoms with Gasteiger partial charge in [0.25, 0.3) is 0 Å². The smallest absolute Gasteiger partial charge is 0.165 e. The molecule has 3 unspecified atom stereocenters. The second-order valence-corrected chi connectivity index (χ2v) is 5.95. The summed E-state index contributed by atoms with van der Waals surface area (Å²) in [7, 11) is 0. The van der Waals surface area contributed by atoms with Crippen LogP contribution in [0.2, 0.25) is 0 Å². The van der Waals surface area contributed by atoms with E-state index in [-0.39, 0.29) is 23.3 Å². The van der Waals surface area contributed by atoms with E-state index in [4.69, 9.17) is 28.4 Å². The molecule has 0 aliphatic rings. The lowest BCUT2D eigenvalue weighted by molar-refractivity contribution is -0.991. The average molecular weight is 320 g/mol. The molecule has 6 heteroatoms. The van der Waals surface area contributed by atoms with Crippen LogP contribution in [0.1, 0.15) is 38.2 Å². The molecule has 0 amide bonds. The van der Waals surface area contributed by atoms with Gasteiger partial charge in [-0.2, -0.15) is 5.23 Å². The van der Waals surface area contributed by atoms with Gasteiger partial charge >= 0.3 is 0 Å². The summed E-state index contributed by atoms with van der Waals surface area (Å²) in [5, 5.41) is 18.7. The molecular formula is C14H19Cl2NO3. The summed E-state index contributed by atoms with van der Waals surface area (Å²) in [5.74, 6) is 0.103. The van der Waals surface area contributed by atoms with Gasteiger partial charge in [0, 0.05) is 18.6 Å². The number of carbonyl (C=O) groups excluding carboxylic acids is 1. The van der Waals surface area contributed by atoms with Crippen molar-refractivity contribution in [2.75, 3.05) is 0 Å². The van der Waals surface area contributed by atoms with E-state index in [9.17, 15) is 10.0 Å². The summed E-state index contributed by atoms with van der Waals surface area (Å²) in [6.07, 6.45) is 1.16. The molecule has 0 fully saturated rings. The van der Waals surface area contributed by atoms with Crippen molar-refractivity contribution in [1.82, 2.24) is 0 Å². The number of rotatable bonds is 7. The molecule has 1 aromatic rings. The number of carbonyl (C=O) groups is 1. The number of alkyl halides is 2. The molecule has 2 N–H and O–H groups in total. The summed E-state index contributed by atoms with van der Waals surface area (Å²) in [4.78, 5) is 10.7. The van der Waals surface area contributed by atoms with Crippen molar-refractivity contribution in [2.24, 2.45) is 5.92 Å². The highest BCUT2D eigenvalue weighted by molar-refractivity contribution is 6.53. The molecule has 1 rings (SSSR count). The minimum atomic E-state index is -0.981. The van der Waals surface area contributed by atoms with Crippen molar-refractivity contribution < 1.29 is 15.2 Å². The highest BCUT2D eigenvalue weighted by atomic mass is 35.5. The normalized spacial score (nSPS) is 15.9. The summed E-state index contributed by atoms with van der Waals surface area (Å²) in [6, 6.07) is 6.74. The van der Waals surface area contributed by atoms with Gasteiger partial charge in [0.1, 0.15) is 0 Å². The molecule has 0 spiro atoms. The first kappa shape index (κ1) is 17.4. The first-order valence-electron chi connectivity index (χ1n) is 6.50. The van der Waals surface area contributed by atoms with Crippen LogP contribution in [-0.2, 0) is 4.79 Å². The third-order valence-electron chi connectivity index (χ3n) is 3.62. The second-order valence-electron chi connectivity index (χ2n) is 4.86. The first-order valence-corrected chi connectivity index (χ1v) is 7.38. The van der Waals surface area contributed by atoms with Crippen LogP contribution in [0.25, 0.3) is 0 Å². The van der Waals surface area contributed by atoms with Crippen molar-refractivity contribution in [3.63, 3.8) is 0 Å². The standard InChI is InChI=1S/C14H19Cl2NO3/c1-3-10(8-13(18)14(15)16)9(2)11-4-6-12(7-5-11)17(19)20/h4-7,9-10,14,17,19H,3,8H2,1-2H3. The van der Waals surface area contributed by atoms with E-state index >= 15 is 0 Å². The molecule has 3 atom stereocenters. The van der Waals surface area contributed by atoms with E-state index in [2.05, 4.69) is 0 Å². The van der Waals surface area contributed by atoms with Gasteiger partial charge in [-0.25, -0.2) is 5.21 Å². The number of hydrogen-bond acceptors (Lipinski definition) is 3. The largest absolute Gasteiger partial charge is 0.595 e. The average Bonchev–Trinajstić information content (AvgIpc) is 2.43. The Bertz CT molecular complexity index is 435. The molecule has 0 aromatic heterocycles. The van der Waals surface area contributed by atoms with Gasteiger partial charge in [0.15, 0.2) is 16.3 Å². The Morgan fingerprint density at radius 3 is 2.30 bits per heavy atom. The number of Topliss-reactive ketones (excluding diaryl/α,β-unsaturated/α-hetero) is 1. The summed E-state index contributed by atoms with van der Waals surface area (Å²) in [6.45, 7) is 4.03. The summed E-state index contributed by atoms with van der Waals surface area (Å²) in [5.41, 5.74) is 1.27. The Labute approximate surface area is 128 Å². The van der Waals surface area contributed by atoms with Crippen molar-refractivity contribution in [3.8, 4) is 0 Å². The van der Waals surface area contributed by atoms with Crippen LogP contribution in [-0.4, -0.2) is 15.8 Å². The molecule has 0 radical (unpaired) electrons. The lowest BCUT2D eigenvalue weighted by Crippen LogP contribution is -2.99. The minimum Gasteiger partial charge on any atom is -0.595 e. The lowest BCUT2D eigenvalue weighted by Gasteiger charge is -2.23. The molecule has 1 aromatic carbocycles. The third-order valence-corrected chi connectivity index (χ3v) is 4.11. The van der Waals surface area contributed by atoms with Gasteiger partial charge in [0.2, 0.25) is 0 Å². The molecule has 20 heavy (non-hydrogen) atoms. The number of halogens is 2. The second kappa shape index (κ2) is 7.96. The molecular weight excluding hydrogens is 301 g/mol. The SMILES string of the molecule is CCC(CC(=O)C(Cl)Cl)C(C)c1ccc([NH+]([O-])O)cc1. The Kier molecular flexibility index (Phi) is 6.92. The zero-order valence-corrected chi connectivity index (χ0v) is 13.0. The predicted octanol–water partition coefficient (Wildman–Crippen LogP) is 2.98. The maximum atomic E-state index is 11.6. The van der Waals surface area contributed by atoms with Crippen LogP contribution in [0.15, 0.2) is 24.3 Å². The van der Waals surface area contributed by atoms with Crippen LogP contribution in [0.4, 0.5) is 5.69 Å². The minimum absolute atomic E-state index is 0.137. The van der Waals surface area contributed by atoms with Crippen molar-refractivity contribution in [1.29, 1.82) is 0 Å². The van der Waals surface area contributed by atoms with Gasteiger partial charge < -0.3 is 5.21 Å². The highest BCUT2D eigenvalue weighted by Gasteiger charge is 2.23. The van der Waals surface area contributed by atoms with E-state index < -0.39 is 10.1 Å². The number of benzene rings is 1. The fourth-order valence-electron chi connectivity index (χ4n) is 2.22. The first-order chi connectivity index (χ1) is 9.36. The summed E-state index contributed by atoms with van der Waals surface area (Å²) >= 11 is 11.2. The zero-order chi connectivity index (χ0) is 15.3. The van der Waals surface area contributed by atoms with Gasteiger partial charge in [-0.05, 0) is 17.4 Å². The number of ketones is 1. The quantitative estimate of drug-likeness (QED) is 0.600. The lowest BCUT2D eigenvalue weighted by atomic mass is 9.83. The molecule has 112 valence electrons. The molecule has 4 nitrogen and oxygen atoms in total. The van der Waals surface area contributed by atoms with E-state index in [1.807, 2.05) is 13.8 Å². The van der Waals surface area contributed by atoms with Crippen LogP contribution in [0.3, 0.4) is 0 Å². The van der Waals surface area contributed by atoms with Gasteiger partial charge in [-0.3, -0.25) is 4.79 Å². The molecule has 0 saturated carbocycles. The van der Waals surface area contributed by atoms with E-state index in [1.165, 1.54) is 0 Å². The molecule has 0 heterocycles. The molecule has 0 aliphatic carbocycles. The van der Waals surface area contributed by atoms with Crippen LogP contribution in [0, 0.1) is 11.1 Å². The zero-order valence-electron chi connectivity index (χ0n) is 11.5. The maximum Gasteiger partial charge on any atom is 0.165 e. The van der Waals surface area contributed by atoms with Gasteiger partial charge in [-0.15, -0.1) is 0 Å². The van der Waals surface area contributed by atoms with Crippen molar-refractivity contribution in [2.45, 2.75) is 37.4 Å². The Balaban J connectivity index is 2.80. The number of quaternary nitrogens is 1. The number of nitrogens with one attached hydrogen (secondary N) is 1. The Morgan fingerprint density at radius 1 is 1.35 bits per heavy atom. The van der Waals surface area contributed by atoms with Crippen LogP contribution in [0.5, 0.6) is 0 Å². The highest BCUT2D eigenvalue weighted by Crippen LogP contribution is 2.30. The Hall–Kier alpha value is -0.650. The van der Waals surface area contributed by atoms with Crippen LogP contribution >= 0.6 is 23.2 Å². The molecule has 0 saturated heterocycles. The monoisotopic (exact) mass is 319 g/mol. The van der Waals surface area contributed by atoms with Crippen molar-refractivity contribution in [3.05, 3.63) is 35.0 Å². The van der Waals surface area contributed by atoms with E-state index in [0.717, 1.165) is 12.0 Å². The van der Waals surface area contributed by atoms with Crippen LogP contribution < -0.4 is 5.23 Å². The molecule has 0 aliphatic heterocycles. The van der Waals surface area contributed by atoms with E-state index in [1.54, 1.807) is 24.3 Å². The fourth-order valence-corrected chi connectivity index (χ4v) is 2.40. The fraction of sp³-hybridized carbons (Fsp3) is 0.500. The number of hydrogen-bond donors (Lipinski definition) is 2. The third kappa shape index (κ3) is 4.72. The van der Waals surface area contributed by atoms with Crippen molar-refractivity contribution >= 4 is 34.7 Å².